The van der Waals surface area contributed by atoms with E-state index in [0.717, 1.165) is 25.0 Å². The van der Waals surface area contributed by atoms with E-state index in [0.29, 0.717) is 18.5 Å². The summed E-state index contributed by atoms with van der Waals surface area (Å²) in [5, 5.41) is 12.5. The summed E-state index contributed by atoms with van der Waals surface area (Å²) in [5.41, 5.74) is -0.144. The highest BCUT2D eigenvalue weighted by Crippen LogP contribution is 2.31. The Bertz CT molecular complexity index is 397. The SMILES string of the molecule is OC1CCC(Nc2cccc(C(F)(F)F)c2)CC1. The van der Waals surface area contributed by atoms with Gasteiger partial charge in [-0.2, -0.15) is 13.2 Å². The minimum absolute atomic E-state index is 0.150. The topological polar surface area (TPSA) is 32.3 Å². The fourth-order valence-electron chi connectivity index (χ4n) is 2.24. The second-order valence-electron chi connectivity index (χ2n) is 4.73. The number of alkyl halides is 3. The molecule has 18 heavy (non-hydrogen) atoms. The zero-order valence-corrected chi connectivity index (χ0v) is 9.87. The minimum atomic E-state index is -4.31. The summed E-state index contributed by atoms with van der Waals surface area (Å²) in [7, 11) is 0. The number of hydrogen-bond acceptors (Lipinski definition) is 2. The van der Waals surface area contributed by atoms with E-state index in [-0.39, 0.29) is 12.1 Å². The molecule has 5 heteroatoms. The van der Waals surface area contributed by atoms with Crippen LogP contribution in [0.4, 0.5) is 18.9 Å². The number of rotatable bonds is 2. The molecule has 2 rings (SSSR count). The highest BCUT2D eigenvalue weighted by molar-refractivity contribution is 5.47. The lowest BCUT2D eigenvalue weighted by Gasteiger charge is -2.27. The van der Waals surface area contributed by atoms with Crippen molar-refractivity contribution in [2.75, 3.05) is 5.32 Å². The van der Waals surface area contributed by atoms with Crippen LogP contribution in [0.1, 0.15) is 31.2 Å². The fraction of sp³-hybridized carbons (Fsp3) is 0.538. The van der Waals surface area contributed by atoms with Crippen molar-refractivity contribution in [3.8, 4) is 0 Å². The van der Waals surface area contributed by atoms with Gasteiger partial charge >= 0.3 is 6.18 Å². The third kappa shape index (κ3) is 3.38. The summed E-state index contributed by atoms with van der Waals surface area (Å²) in [6.07, 6.45) is -1.58. The van der Waals surface area contributed by atoms with E-state index in [1.54, 1.807) is 6.07 Å². The van der Waals surface area contributed by atoms with Gasteiger partial charge in [0, 0.05) is 11.7 Å². The van der Waals surface area contributed by atoms with E-state index in [4.69, 9.17) is 0 Å². The summed E-state index contributed by atoms with van der Waals surface area (Å²) in [5.74, 6) is 0. The Morgan fingerprint density at radius 3 is 2.39 bits per heavy atom. The molecule has 0 atom stereocenters. The lowest BCUT2D eigenvalue weighted by Crippen LogP contribution is -2.28. The molecule has 0 spiro atoms. The van der Waals surface area contributed by atoms with E-state index >= 15 is 0 Å². The largest absolute Gasteiger partial charge is 0.416 e. The van der Waals surface area contributed by atoms with Crippen molar-refractivity contribution in [2.45, 2.75) is 44.0 Å². The van der Waals surface area contributed by atoms with Crippen LogP contribution in [0.15, 0.2) is 24.3 Å². The maximum Gasteiger partial charge on any atom is 0.416 e. The van der Waals surface area contributed by atoms with E-state index < -0.39 is 11.7 Å². The molecule has 0 amide bonds. The van der Waals surface area contributed by atoms with Gasteiger partial charge in [-0.15, -0.1) is 0 Å². The Labute approximate surface area is 104 Å². The van der Waals surface area contributed by atoms with Gasteiger partial charge in [0.2, 0.25) is 0 Å². The van der Waals surface area contributed by atoms with Crippen LogP contribution >= 0.6 is 0 Å². The van der Waals surface area contributed by atoms with Crippen LogP contribution in [0.5, 0.6) is 0 Å². The first kappa shape index (κ1) is 13.2. The Hall–Kier alpha value is -1.23. The monoisotopic (exact) mass is 259 g/mol. The summed E-state index contributed by atoms with van der Waals surface area (Å²) < 4.78 is 37.6. The molecular weight excluding hydrogens is 243 g/mol. The van der Waals surface area contributed by atoms with Crippen LogP contribution in [0.3, 0.4) is 0 Å². The van der Waals surface area contributed by atoms with Gasteiger partial charge in [-0.1, -0.05) is 6.07 Å². The van der Waals surface area contributed by atoms with Crippen molar-refractivity contribution in [2.24, 2.45) is 0 Å². The summed E-state index contributed by atoms with van der Waals surface area (Å²) in [6.45, 7) is 0. The normalized spacial score (nSPS) is 24.9. The quantitative estimate of drug-likeness (QED) is 0.853. The Kier molecular flexibility index (Phi) is 3.80. The first-order valence-corrected chi connectivity index (χ1v) is 6.07. The molecule has 1 aliphatic carbocycles. The van der Waals surface area contributed by atoms with Crippen molar-refractivity contribution in [1.82, 2.24) is 0 Å². The Morgan fingerprint density at radius 2 is 1.78 bits per heavy atom. The van der Waals surface area contributed by atoms with Gasteiger partial charge < -0.3 is 10.4 Å². The number of benzene rings is 1. The number of aliphatic hydroxyl groups excluding tert-OH is 1. The van der Waals surface area contributed by atoms with E-state index in [1.165, 1.54) is 6.07 Å². The molecular formula is C13H16F3NO. The van der Waals surface area contributed by atoms with Gasteiger partial charge in [-0.05, 0) is 43.9 Å². The maximum atomic E-state index is 12.5. The maximum absolute atomic E-state index is 12.5. The van der Waals surface area contributed by atoms with Gasteiger partial charge in [0.25, 0.3) is 0 Å². The average molecular weight is 259 g/mol. The predicted molar refractivity (Wildman–Crippen MR) is 63.3 cm³/mol. The first-order valence-electron chi connectivity index (χ1n) is 6.07. The van der Waals surface area contributed by atoms with E-state index in [9.17, 15) is 18.3 Å². The van der Waals surface area contributed by atoms with Crippen molar-refractivity contribution >= 4 is 5.69 Å². The first-order chi connectivity index (χ1) is 8.45. The molecule has 0 heterocycles. The Morgan fingerprint density at radius 1 is 1.11 bits per heavy atom. The molecule has 100 valence electrons. The third-order valence-electron chi connectivity index (χ3n) is 3.26. The lowest BCUT2D eigenvalue weighted by molar-refractivity contribution is -0.137. The number of anilines is 1. The van der Waals surface area contributed by atoms with Gasteiger partial charge in [0.05, 0.1) is 11.7 Å². The van der Waals surface area contributed by atoms with Crippen LogP contribution < -0.4 is 5.32 Å². The molecule has 1 aromatic carbocycles. The highest BCUT2D eigenvalue weighted by atomic mass is 19.4. The van der Waals surface area contributed by atoms with Crippen molar-refractivity contribution in [3.05, 3.63) is 29.8 Å². The van der Waals surface area contributed by atoms with Gasteiger partial charge in [-0.3, -0.25) is 0 Å². The molecule has 1 aliphatic rings. The van der Waals surface area contributed by atoms with Crippen LogP contribution in [0.25, 0.3) is 0 Å². The fourth-order valence-corrected chi connectivity index (χ4v) is 2.24. The third-order valence-corrected chi connectivity index (χ3v) is 3.26. The Balaban J connectivity index is 2.01. The summed E-state index contributed by atoms with van der Waals surface area (Å²) in [6, 6.07) is 5.39. The van der Waals surface area contributed by atoms with E-state index in [1.807, 2.05) is 0 Å². The number of halogens is 3. The van der Waals surface area contributed by atoms with Crippen molar-refractivity contribution < 1.29 is 18.3 Å². The average Bonchev–Trinajstić information content (AvgIpc) is 2.31. The standard InChI is InChI=1S/C13H16F3NO/c14-13(15,16)9-2-1-3-11(8-9)17-10-4-6-12(18)7-5-10/h1-3,8,10,12,17-18H,4-7H2. The van der Waals surface area contributed by atoms with Gasteiger partial charge in [0.15, 0.2) is 0 Å². The smallest absolute Gasteiger partial charge is 0.393 e. The molecule has 0 unspecified atom stereocenters. The van der Waals surface area contributed by atoms with Crippen molar-refractivity contribution in [3.63, 3.8) is 0 Å². The van der Waals surface area contributed by atoms with Crippen LogP contribution in [-0.4, -0.2) is 17.3 Å². The minimum Gasteiger partial charge on any atom is -0.393 e. The molecule has 1 aromatic rings. The molecule has 0 aliphatic heterocycles. The summed E-state index contributed by atoms with van der Waals surface area (Å²) >= 11 is 0. The second-order valence-corrected chi connectivity index (χ2v) is 4.73. The molecule has 0 saturated heterocycles. The van der Waals surface area contributed by atoms with Gasteiger partial charge in [-0.25, -0.2) is 0 Å². The molecule has 0 radical (unpaired) electrons. The number of nitrogens with one attached hydrogen (secondary N) is 1. The summed E-state index contributed by atoms with van der Waals surface area (Å²) in [4.78, 5) is 0. The highest BCUT2D eigenvalue weighted by Gasteiger charge is 2.30. The van der Waals surface area contributed by atoms with Crippen LogP contribution in [0, 0.1) is 0 Å². The predicted octanol–water partition coefficient (Wildman–Crippen LogP) is 3.42. The number of hydrogen-bond donors (Lipinski definition) is 2. The molecule has 0 aromatic heterocycles. The zero-order chi connectivity index (χ0) is 13.2. The molecule has 1 fully saturated rings. The van der Waals surface area contributed by atoms with E-state index in [2.05, 4.69) is 5.32 Å². The molecule has 0 bridgehead atoms. The molecule has 2 N–H and O–H groups in total. The van der Waals surface area contributed by atoms with Crippen molar-refractivity contribution in [1.29, 1.82) is 0 Å². The van der Waals surface area contributed by atoms with Crippen LogP contribution in [-0.2, 0) is 6.18 Å². The second kappa shape index (κ2) is 5.18. The van der Waals surface area contributed by atoms with Gasteiger partial charge in [0.1, 0.15) is 0 Å². The molecule has 1 saturated carbocycles. The number of aliphatic hydroxyl groups is 1. The zero-order valence-electron chi connectivity index (χ0n) is 9.87. The van der Waals surface area contributed by atoms with Crippen LogP contribution in [0.2, 0.25) is 0 Å². The molecule has 2 nitrogen and oxygen atoms in total. The lowest BCUT2D eigenvalue weighted by atomic mass is 9.93.